The van der Waals surface area contributed by atoms with Gasteiger partial charge in [0.2, 0.25) is 0 Å². The van der Waals surface area contributed by atoms with E-state index in [1.807, 2.05) is 18.2 Å². The van der Waals surface area contributed by atoms with Crippen LogP contribution in [0.2, 0.25) is 0 Å². The van der Waals surface area contributed by atoms with Gasteiger partial charge in [-0.05, 0) is 50.7 Å². The Kier molecular flexibility index (Phi) is 4.52. The van der Waals surface area contributed by atoms with E-state index in [0.717, 1.165) is 43.7 Å². The lowest BCUT2D eigenvalue weighted by atomic mass is 9.80. The fourth-order valence-corrected chi connectivity index (χ4v) is 3.16. The van der Waals surface area contributed by atoms with Gasteiger partial charge in [0, 0.05) is 19.6 Å². The number of anilines is 2. The van der Waals surface area contributed by atoms with Crippen LogP contribution in [0.3, 0.4) is 0 Å². The largest absolute Gasteiger partial charge is 0.388 e. The first-order chi connectivity index (χ1) is 10.7. The molecule has 2 amide bonds. The summed E-state index contributed by atoms with van der Waals surface area (Å²) in [6.45, 7) is 2.41. The number of carbonyl (C=O) groups excluding carboxylic acids is 1. The number of nitrogens with one attached hydrogen (secondary N) is 2. The lowest BCUT2D eigenvalue weighted by Gasteiger charge is -2.36. The molecule has 0 bridgehead atoms. The normalized spacial score (nSPS) is 20.1. The number of carbonyl (C=O) groups is 1. The highest BCUT2D eigenvalue weighted by Crippen LogP contribution is 2.31. The van der Waals surface area contributed by atoms with Gasteiger partial charge in [0.15, 0.2) is 0 Å². The number of amides is 2. The number of nitrogens with zero attached hydrogens (tertiary/aromatic N) is 1. The number of hydrogen-bond acceptors (Lipinski definition) is 3. The Bertz CT molecular complexity index is 522. The molecule has 0 atom stereocenters. The van der Waals surface area contributed by atoms with E-state index in [1.165, 1.54) is 19.3 Å². The molecule has 0 spiro atoms. The summed E-state index contributed by atoms with van der Waals surface area (Å²) >= 11 is 0. The molecule has 1 aromatic carbocycles. The van der Waals surface area contributed by atoms with Gasteiger partial charge >= 0.3 is 6.03 Å². The van der Waals surface area contributed by atoms with Crippen LogP contribution in [-0.4, -0.2) is 36.4 Å². The van der Waals surface area contributed by atoms with E-state index in [-0.39, 0.29) is 6.03 Å². The van der Waals surface area contributed by atoms with Crippen LogP contribution in [0.25, 0.3) is 0 Å². The molecule has 1 heterocycles. The average molecular weight is 303 g/mol. The van der Waals surface area contributed by atoms with E-state index in [4.69, 9.17) is 0 Å². The van der Waals surface area contributed by atoms with E-state index < -0.39 is 5.60 Å². The molecule has 1 aromatic rings. The summed E-state index contributed by atoms with van der Waals surface area (Å²) in [6.07, 6.45) is 6.28. The highest BCUT2D eigenvalue weighted by molar-refractivity contribution is 5.93. The zero-order chi connectivity index (χ0) is 15.4. The van der Waals surface area contributed by atoms with Crippen molar-refractivity contribution in [1.82, 2.24) is 5.32 Å². The first-order valence-electron chi connectivity index (χ1n) is 8.28. The Labute approximate surface area is 131 Å². The lowest BCUT2D eigenvalue weighted by Crippen LogP contribution is -2.48. The van der Waals surface area contributed by atoms with Crippen LogP contribution in [-0.2, 0) is 0 Å². The van der Waals surface area contributed by atoms with Gasteiger partial charge in [-0.25, -0.2) is 4.79 Å². The van der Waals surface area contributed by atoms with Crippen LogP contribution < -0.4 is 15.5 Å². The quantitative estimate of drug-likeness (QED) is 0.801. The van der Waals surface area contributed by atoms with Gasteiger partial charge in [-0.15, -0.1) is 0 Å². The van der Waals surface area contributed by atoms with Gasteiger partial charge in [-0.3, -0.25) is 0 Å². The second kappa shape index (κ2) is 6.57. The second-order valence-electron chi connectivity index (χ2n) is 6.45. The first-order valence-corrected chi connectivity index (χ1v) is 8.28. The van der Waals surface area contributed by atoms with Crippen molar-refractivity contribution in [3.63, 3.8) is 0 Å². The molecule has 0 radical (unpaired) electrons. The van der Waals surface area contributed by atoms with Crippen LogP contribution in [0, 0.1) is 0 Å². The molecule has 120 valence electrons. The van der Waals surface area contributed by atoms with E-state index in [1.54, 1.807) is 0 Å². The SMILES string of the molecule is O=C(NCC1(O)CCC1)Nc1ccccc1N1CCCCC1. The predicted octanol–water partition coefficient (Wildman–Crippen LogP) is 2.71. The van der Waals surface area contributed by atoms with Crippen LogP contribution >= 0.6 is 0 Å². The van der Waals surface area contributed by atoms with Crippen LogP contribution in [0.1, 0.15) is 38.5 Å². The molecule has 1 aliphatic carbocycles. The Morgan fingerprint density at radius 2 is 1.86 bits per heavy atom. The monoisotopic (exact) mass is 303 g/mol. The van der Waals surface area contributed by atoms with E-state index in [9.17, 15) is 9.90 Å². The lowest BCUT2D eigenvalue weighted by molar-refractivity contribution is -0.0287. The van der Waals surface area contributed by atoms with Crippen LogP contribution in [0.5, 0.6) is 0 Å². The minimum Gasteiger partial charge on any atom is -0.388 e. The summed E-state index contributed by atoms with van der Waals surface area (Å²) in [5, 5.41) is 15.7. The summed E-state index contributed by atoms with van der Waals surface area (Å²) < 4.78 is 0. The molecule has 0 unspecified atom stereocenters. The van der Waals surface area contributed by atoms with Gasteiger partial charge in [0.05, 0.1) is 17.0 Å². The molecule has 5 heteroatoms. The number of aliphatic hydroxyl groups is 1. The maximum Gasteiger partial charge on any atom is 0.319 e. The predicted molar refractivity (Wildman–Crippen MR) is 88.3 cm³/mol. The third-order valence-corrected chi connectivity index (χ3v) is 4.71. The van der Waals surface area contributed by atoms with Crippen LogP contribution in [0.15, 0.2) is 24.3 Å². The van der Waals surface area contributed by atoms with Crippen molar-refractivity contribution in [1.29, 1.82) is 0 Å². The number of piperidine rings is 1. The number of hydrogen-bond donors (Lipinski definition) is 3. The Balaban J connectivity index is 1.60. The molecule has 2 fully saturated rings. The summed E-state index contributed by atoms with van der Waals surface area (Å²) in [5.74, 6) is 0. The van der Waals surface area contributed by atoms with E-state index in [2.05, 4.69) is 21.6 Å². The fourth-order valence-electron chi connectivity index (χ4n) is 3.16. The number of rotatable bonds is 4. The maximum absolute atomic E-state index is 12.1. The van der Waals surface area contributed by atoms with Crippen molar-refractivity contribution in [2.24, 2.45) is 0 Å². The zero-order valence-electron chi connectivity index (χ0n) is 13.0. The Hall–Kier alpha value is -1.75. The Morgan fingerprint density at radius 1 is 1.14 bits per heavy atom. The Morgan fingerprint density at radius 3 is 2.55 bits per heavy atom. The van der Waals surface area contributed by atoms with Crippen molar-refractivity contribution < 1.29 is 9.90 Å². The maximum atomic E-state index is 12.1. The minimum absolute atomic E-state index is 0.246. The van der Waals surface area contributed by atoms with Crippen LogP contribution in [0.4, 0.5) is 16.2 Å². The van der Waals surface area contributed by atoms with Crippen molar-refractivity contribution in [3.8, 4) is 0 Å². The highest BCUT2D eigenvalue weighted by atomic mass is 16.3. The summed E-state index contributed by atoms with van der Waals surface area (Å²) in [4.78, 5) is 14.4. The molecule has 5 nitrogen and oxygen atoms in total. The van der Waals surface area contributed by atoms with Crippen molar-refractivity contribution in [2.45, 2.75) is 44.1 Å². The van der Waals surface area contributed by atoms with Crippen molar-refractivity contribution >= 4 is 17.4 Å². The molecule has 1 saturated heterocycles. The van der Waals surface area contributed by atoms with Gasteiger partial charge in [0.1, 0.15) is 0 Å². The first kappa shape index (κ1) is 15.2. The minimum atomic E-state index is -0.691. The second-order valence-corrected chi connectivity index (χ2v) is 6.45. The topological polar surface area (TPSA) is 64.6 Å². The van der Waals surface area contributed by atoms with Gasteiger partial charge in [0.25, 0.3) is 0 Å². The summed E-state index contributed by atoms with van der Waals surface area (Å²) in [6, 6.07) is 7.68. The standard InChI is InChI=1S/C17H25N3O2/c21-16(18-13-17(22)9-6-10-17)19-14-7-2-3-8-15(14)20-11-4-1-5-12-20/h2-3,7-8,22H,1,4-6,9-13H2,(H2,18,19,21). The number of benzene rings is 1. The van der Waals surface area contributed by atoms with Gasteiger partial charge in [-0.2, -0.15) is 0 Å². The fraction of sp³-hybridized carbons (Fsp3) is 0.588. The average Bonchev–Trinajstić information content (AvgIpc) is 2.52. The van der Waals surface area contributed by atoms with Gasteiger partial charge in [-0.1, -0.05) is 12.1 Å². The molecule has 3 N–H and O–H groups in total. The van der Waals surface area contributed by atoms with Gasteiger partial charge < -0.3 is 20.6 Å². The number of para-hydroxylation sites is 2. The third kappa shape index (κ3) is 3.53. The summed E-state index contributed by atoms with van der Waals surface area (Å²) in [7, 11) is 0. The van der Waals surface area contributed by atoms with E-state index >= 15 is 0 Å². The summed E-state index contributed by atoms with van der Waals surface area (Å²) in [5.41, 5.74) is 1.23. The smallest absolute Gasteiger partial charge is 0.319 e. The van der Waals surface area contributed by atoms with E-state index in [0.29, 0.717) is 6.54 Å². The van der Waals surface area contributed by atoms with Crippen molar-refractivity contribution in [2.75, 3.05) is 29.9 Å². The molecule has 22 heavy (non-hydrogen) atoms. The number of urea groups is 1. The molecule has 2 aliphatic rings. The molecular formula is C17H25N3O2. The molecule has 1 aliphatic heterocycles. The molecule has 0 aromatic heterocycles. The molecule has 3 rings (SSSR count). The highest BCUT2D eigenvalue weighted by Gasteiger charge is 2.34. The zero-order valence-corrected chi connectivity index (χ0v) is 13.0. The molecular weight excluding hydrogens is 278 g/mol. The third-order valence-electron chi connectivity index (χ3n) is 4.71. The molecule has 1 saturated carbocycles. The van der Waals surface area contributed by atoms with Crippen molar-refractivity contribution in [3.05, 3.63) is 24.3 Å².